The molecule has 2 atom stereocenters. The lowest BCUT2D eigenvalue weighted by atomic mass is 10.0. The van der Waals surface area contributed by atoms with Crippen LogP contribution in [0.4, 0.5) is 0 Å². The number of likely N-dealkylation sites (N-methyl/N-ethyl adjacent to an activating group) is 1. The second kappa shape index (κ2) is 8.59. The Morgan fingerprint density at radius 2 is 1.80 bits per heavy atom. The summed E-state index contributed by atoms with van der Waals surface area (Å²) in [5.41, 5.74) is 1.24. The fourth-order valence-corrected chi connectivity index (χ4v) is 2.10. The first kappa shape index (κ1) is 16.5. The molecule has 0 spiro atoms. The van der Waals surface area contributed by atoms with Crippen molar-refractivity contribution in [2.24, 2.45) is 0 Å². The average Bonchev–Trinajstić information content (AvgIpc) is 2.46. The zero-order chi connectivity index (χ0) is 15.0. The smallest absolute Gasteiger partial charge is 0.260 e. The molecule has 0 fully saturated rings. The molecule has 0 bridgehead atoms. The van der Waals surface area contributed by atoms with Crippen LogP contribution in [-0.4, -0.2) is 25.1 Å². The molecule has 2 unspecified atom stereocenters. The standard InChI is InChI=1S/C16H26N2O2/c1-5-15(17-6-2)13-8-10-14(11-9-13)20-12(4)16(19)18-7-3/h8-12,15,17H,5-7H2,1-4H3,(H,18,19). The second-order valence-corrected chi connectivity index (χ2v) is 4.74. The van der Waals surface area contributed by atoms with E-state index in [1.807, 2.05) is 19.1 Å². The maximum Gasteiger partial charge on any atom is 0.260 e. The molecule has 112 valence electrons. The monoisotopic (exact) mass is 278 g/mol. The molecule has 4 nitrogen and oxygen atoms in total. The molecule has 1 rings (SSSR count). The van der Waals surface area contributed by atoms with E-state index in [2.05, 4.69) is 36.6 Å². The number of hydrogen-bond acceptors (Lipinski definition) is 3. The Labute approximate surface area is 121 Å². The topological polar surface area (TPSA) is 50.4 Å². The molecule has 20 heavy (non-hydrogen) atoms. The van der Waals surface area contributed by atoms with Crippen LogP contribution in [0.5, 0.6) is 5.75 Å². The maximum atomic E-state index is 11.6. The highest BCUT2D eigenvalue weighted by molar-refractivity contribution is 5.80. The van der Waals surface area contributed by atoms with Crippen LogP contribution >= 0.6 is 0 Å². The van der Waals surface area contributed by atoms with Gasteiger partial charge in [-0.15, -0.1) is 0 Å². The lowest BCUT2D eigenvalue weighted by molar-refractivity contribution is -0.127. The van der Waals surface area contributed by atoms with E-state index in [1.54, 1.807) is 6.92 Å². The summed E-state index contributed by atoms with van der Waals surface area (Å²) < 4.78 is 5.62. The van der Waals surface area contributed by atoms with Gasteiger partial charge in [0, 0.05) is 12.6 Å². The molecule has 0 radical (unpaired) electrons. The SMILES string of the molecule is CCNC(=O)C(C)Oc1ccc(C(CC)NCC)cc1. The van der Waals surface area contributed by atoms with E-state index in [4.69, 9.17) is 4.74 Å². The molecular weight excluding hydrogens is 252 g/mol. The molecule has 1 amide bonds. The van der Waals surface area contributed by atoms with Crippen molar-refractivity contribution in [1.29, 1.82) is 0 Å². The summed E-state index contributed by atoms with van der Waals surface area (Å²) in [6, 6.07) is 8.32. The van der Waals surface area contributed by atoms with Crippen LogP contribution in [0.1, 0.15) is 45.7 Å². The highest BCUT2D eigenvalue weighted by Gasteiger charge is 2.14. The van der Waals surface area contributed by atoms with Gasteiger partial charge in [-0.3, -0.25) is 4.79 Å². The quantitative estimate of drug-likeness (QED) is 0.768. The highest BCUT2D eigenvalue weighted by Crippen LogP contribution is 2.20. The van der Waals surface area contributed by atoms with Crippen LogP contribution in [0.2, 0.25) is 0 Å². The van der Waals surface area contributed by atoms with Crippen LogP contribution in [-0.2, 0) is 4.79 Å². The third-order valence-corrected chi connectivity index (χ3v) is 3.17. The molecule has 0 heterocycles. The Hall–Kier alpha value is -1.55. The van der Waals surface area contributed by atoms with Crippen molar-refractivity contribution in [3.8, 4) is 5.75 Å². The van der Waals surface area contributed by atoms with Gasteiger partial charge in [-0.05, 0) is 44.5 Å². The summed E-state index contributed by atoms with van der Waals surface area (Å²) in [6.45, 7) is 9.48. The molecule has 0 aliphatic rings. The van der Waals surface area contributed by atoms with Gasteiger partial charge >= 0.3 is 0 Å². The van der Waals surface area contributed by atoms with Crippen molar-refractivity contribution in [2.75, 3.05) is 13.1 Å². The highest BCUT2D eigenvalue weighted by atomic mass is 16.5. The fraction of sp³-hybridized carbons (Fsp3) is 0.562. The van der Waals surface area contributed by atoms with E-state index in [1.165, 1.54) is 5.56 Å². The largest absolute Gasteiger partial charge is 0.481 e. The molecule has 1 aromatic rings. The number of nitrogens with one attached hydrogen (secondary N) is 2. The number of hydrogen-bond donors (Lipinski definition) is 2. The van der Waals surface area contributed by atoms with E-state index in [0.29, 0.717) is 12.6 Å². The lowest BCUT2D eigenvalue weighted by Gasteiger charge is -2.18. The van der Waals surface area contributed by atoms with Gasteiger partial charge in [0.05, 0.1) is 0 Å². The minimum absolute atomic E-state index is 0.0874. The van der Waals surface area contributed by atoms with Crippen molar-refractivity contribution in [2.45, 2.75) is 46.3 Å². The number of carbonyl (C=O) groups excluding carboxylic acids is 1. The summed E-state index contributed by atoms with van der Waals surface area (Å²) in [6.07, 6.45) is 0.570. The molecule has 0 aliphatic heterocycles. The summed E-state index contributed by atoms with van der Waals surface area (Å²) in [4.78, 5) is 11.6. The Balaban J connectivity index is 2.64. The Kier molecular flexibility index (Phi) is 7.09. The zero-order valence-electron chi connectivity index (χ0n) is 12.9. The molecular formula is C16H26N2O2. The Morgan fingerprint density at radius 1 is 1.15 bits per heavy atom. The van der Waals surface area contributed by atoms with Crippen LogP contribution < -0.4 is 15.4 Å². The number of benzene rings is 1. The van der Waals surface area contributed by atoms with Gasteiger partial charge in [0.25, 0.3) is 5.91 Å². The molecule has 4 heteroatoms. The zero-order valence-corrected chi connectivity index (χ0v) is 12.9. The predicted octanol–water partition coefficient (Wildman–Crippen LogP) is 2.65. The summed E-state index contributed by atoms with van der Waals surface area (Å²) in [5.74, 6) is 0.634. The average molecular weight is 278 g/mol. The number of carbonyl (C=O) groups is 1. The van der Waals surface area contributed by atoms with Gasteiger partial charge in [0.1, 0.15) is 5.75 Å². The third kappa shape index (κ3) is 4.85. The minimum atomic E-state index is -0.475. The van der Waals surface area contributed by atoms with E-state index >= 15 is 0 Å². The molecule has 2 N–H and O–H groups in total. The lowest BCUT2D eigenvalue weighted by Crippen LogP contribution is -2.36. The van der Waals surface area contributed by atoms with E-state index in [9.17, 15) is 4.79 Å². The fourth-order valence-electron chi connectivity index (χ4n) is 2.10. The summed E-state index contributed by atoms with van der Waals surface area (Å²) >= 11 is 0. The summed E-state index contributed by atoms with van der Waals surface area (Å²) in [7, 11) is 0. The van der Waals surface area contributed by atoms with Gasteiger partial charge in [0.2, 0.25) is 0 Å². The van der Waals surface area contributed by atoms with Gasteiger partial charge in [-0.25, -0.2) is 0 Å². The van der Waals surface area contributed by atoms with E-state index in [-0.39, 0.29) is 5.91 Å². The number of rotatable bonds is 8. The molecule has 0 saturated carbocycles. The van der Waals surface area contributed by atoms with Crippen LogP contribution in [0.25, 0.3) is 0 Å². The number of amides is 1. The van der Waals surface area contributed by atoms with Crippen LogP contribution in [0, 0.1) is 0 Å². The van der Waals surface area contributed by atoms with Gasteiger partial charge in [-0.1, -0.05) is 26.0 Å². The van der Waals surface area contributed by atoms with Crippen molar-refractivity contribution in [1.82, 2.24) is 10.6 Å². The summed E-state index contributed by atoms with van der Waals surface area (Å²) in [5, 5.41) is 6.19. The first-order chi connectivity index (χ1) is 9.62. The Bertz CT molecular complexity index is 403. The normalized spacial score (nSPS) is 13.6. The number of ether oxygens (including phenoxy) is 1. The van der Waals surface area contributed by atoms with E-state index in [0.717, 1.165) is 18.7 Å². The Morgan fingerprint density at radius 3 is 2.30 bits per heavy atom. The van der Waals surface area contributed by atoms with E-state index < -0.39 is 6.10 Å². The van der Waals surface area contributed by atoms with Gasteiger partial charge < -0.3 is 15.4 Å². The molecule has 0 aromatic heterocycles. The predicted molar refractivity (Wildman–Crippen MR) is 81.9 cm³/mol. The molecule has 0 saturated heterocycles. The van der Waals surface area contributed by atoms with Crippen LogP contribution in [0.15, 0.2) is 24.3 Å². The molecule has 1 aromatic carbocycles. The first-order valence-corrected chi connectivity index (χ1v) is 7.40. The second-order valence-electron chi connectivity index (χ2n) is 4.74. The van der Waals surface area contributed by atoms with Crippen LogP contribution in [0.3, 0.4) is 0 Å². The third-order valence-electron chi connectivity index (χ3n) is 3.17. The van der Waals surface area contributed by atoms with Crippen molar-refractivity contribution >= 4 is 5.91 Å². The molecule has 0 aliphatic carbocycles. The van der Waals surface area contributed by atoms with Crippen molar-refractivity contribution in [3.05, 3.63) is 29.8 Å². The van der Waals surface area contributed by atoms with Gasteiger partial charge in [-0.2, -0.15) is 0 Å². The van der Waals surface area contributed by atoms with Gasteiger partial charge in [0.15, 0.2) is 6.10 Å². The first-order valence-electron chi connectivity index (χ1n) is 7.40. The maximum absolute atomic E-state index is 11.6. The minimum Gasteiger partial charge on any atom is -0.481 e. The van der Waals surface area contributed by atoms with Crippen molar-refractivity contribution < 1.29 is 9.53 Å². The van der Waals surface area contributed by atoms with Crippen molar-refractivity contribution in [3.63, 3.8) is 0 Å².